The van der Waals surface area contributed by atoms with Crippen molar-refractivity contribution >= 4 is 33.0 Å². The van der Waals surface area contributed by atoms with E-state index in [1.165, 1.54) is 0 Å². The van der Waals surface area contributed by atoms with Gasteiger partial charge in [0.1, 0.15) is 11.8 Å². The molecule has 5 heteroatoms. The van der Waals surface area contributed by atoms with Crippen LogP contribution in [0.4, 0.5) is 17.1 Å². The second-order valence-electron chi connectivity index (χ2n) is 3.89. The van der Waals surface area contributed by atoms with Crippen molar-refractivity contribution in [2.24, 2.45) is 0 Å². The molecular weight excluding hydrogens is 306 g/mol. The highest BCUT2D eigenvalue weighted by Gasteiger charge is 2.05. The quantitative estimate of drug-likeness (QED) is 0.847. The standard InChI is InChI=1S/C14H12BrN3O/c1-19-14-5-3-11(7-12(14)15)18-13-4-2-10(17)6-9(13)8-16/h2-7,18H,17H2,1H3. The topological polar surface area (TPSA) is 71.1 Å². The number of nitrogens with two attached hydrogens (primary N) is 1. The number of halogens is 1. The summed E-state index contributed by atoms with van der Waals surface area (Å²) in [6.45, 7) is 0. The number of benzene rings is 2. The number of nitrogen functional groups attached to an aromatic ring is 1. The van der Waals surface area contributed by atoms with Gasteiger partial charge in [-0.05, 0) is 52.3 Å². The zero-order valence-corrected chi connectivity index (χ0v) is 11.9. The molecule has 0 fully saturated rings. The number of rotatable bonds is 3. The molecule has 19 heavy (non-hydrogen) atoms. The van der Waals surface area contributed by atoms with Crippen LogP contribution in [0, 0.1) is 11.3 Å². The maximum Gasteiger partial charge on any atom is 0.133 e. The van der Waals surface area contributed by atoms with Crippen molar-refractivity contribution in [1.29, 1.82) is 5.26 Å². The van der Waals surface area contributed by atoms with Gasteiger partial charge >= 0.3 is 0 Å². The Hall–Kier alpha value is -2.19. The minimum atomic E-state index is 0.506. The van der Waals surface area contributed by atoms with Crippen LogP contribution < -0.4 is 15.8 Å². The van der Waals surface area contributed by atoms with Gasteiger partial charge in [-0.15, -0.1) is 0 Å². The second-order valence-corrected chi connectivity index (χ2v) is 4.75. The Morgan fingerprint density at radius 1 is 1.26 bits per heavy atom. The normalized spacial score (nSPS) is 9.74. The lowest BCUT2D eigenvalue weighted by molar-refractivity contribution is 0.412. The lowest BCUT2D eigenvalue weighted by atomic mass is 10.1. The smallest absolute Gasteiger partial charge is 0.133 e. The molecule has 96 valence electrons. The minimum absolute atomic E-state index is 0.506. The first-order valence-corrected chi connectivity index (χ1v) is 6.33. The molecular formula is C14H12BrN3O. The summed E-state index contributed by atoms with van der Waals surface area (Å²) in [7, 11) is 1.61. The Morgan fingerprint density at radius 2 is 2.05 bits per heavy atom. The third kappa shape index (κ3) is 2.98. The Balaban J connectivity index is 2.31. The van der Waals surface area contributed by atoms with Crippen molar-refractivity contribution in [3.05, 3.63) is 46.4 Å². The van der Waals surface area contributed by atoms with Crippen molar-refractivity contribution in [2.45, 2.75) is 0 Å². The second kappa shape index (κ2) is 5.63. The molecule has 0 radical (unpaired) electrons. The zero-order chi connectivity index (χ0) is 13.8. The molecule has 0 aliphatic heterocycles. The average molecular weight is 318 g/mol. The largest absolute Gasteiger partial charge is 0.496 e. The van der Waals surface area contributed by atoms with Gasteiger partial charge in [0.2, 0.25) is 0 Å². The van der Waals surface area contributed by atoms with E-state index >= 15 is 0 Å². The highest BCUT2D eigenvalue weighted by molar-refractivity contribution is 9.10. The summed E-state index contributed by atoms with van der Waals surface area (Å²) < 4.78 is 6.01. The number of anilines is 3. The molecule has 0 heterocycles. The first-order chi connectivity index (χ1) is 9.13. The average Bonchev–Trinajstić information content (AvgIpc) is 2.41. The summed E-state index contributed by atoms with van der Waals surface area (Å²) in [6, 6.07) is 12.9. The van der Waals surface area contributed by atoms with E-state index in [0.717, 1.165) is 15.9 Å². The van der Waals surface area contributed by atoms with E-state index in [9.17, 15) is 0 Å². The van der Waals surface area contributed by atoms with Crippen molar-refractivity contribution in [3.8, 4) is 11.8 Å². The van der Waals surface area contributed by atoms with Crippen LogP contribution in [0.25, 0.3) is 0 Å². The van der Waals surface area contributed by atoms with Gasteiger partial charge in [0.25, 0.3) is 0 Å². The predicted molar refractivity (Wildman–Crippen MR) is 79.5 cm³/mol. The van der Waals surface area contributed by atoms with E-state index in [0.29, 0.717) is 16.9 Å². The summed E-state index contributed by atoms with van der Waals surface area (Å²) in [6.07, 6.45) is 0. The number of ether oxygens (including phenoxy) is 1. The third-order valence-corrected chi connectivity index (χ3v) is 3.21. The molecule has 0 saturated carbocycles. The van der Waals surface area contributed by atoms with Gasteiger partial charge in [-0.1, -0.05) is 0 Å². The van der Waals surface area contributed by atoms with Crippen molar-refractivity contribution in [3.63, 3.8) is 0 Å². The molecule has 0 spiro atoms. The van der Waals surface area contributed by atoms with Crippen LogP contribution in [0.3, 0.4) is 0 Å². The van der Waals surface area contributed by atoms with Gasteiger partial charge in [-0.2, -0.15) is 5.26 Å². The fraction of sp³-hybridized carbons (Fsp3) is 0.0714. The molecule has 2 aromatic rings. The molecule has 0 amide bonds. The highest BCUT2D eigenvalue weighted by Crippen LogP contribution is 2.30. The summed E-state index contributed by atoms with van der Waals surface area (Å²) >= 11 is 3.42. The van der Waals surface area contributed by atoms with Crippen LogP contribution >= 0.6 is 15.9 Å². The summed E-state index contributed by atoms with van der Waals surface area (Å²) in [5.74, 6) is 0.753. The number of nitriles is 1. The molecule has 0 atom stereocenters. The van der Waals surface area contributed by atoms with Gasteiger partial charge in [0, 0.05) is 11.4 Å². The summed E-state index contributed by atoms with van der Waals surface area (Å²) in [5, 5.41) is 12.3. The van der Waals surface area contributed by atoms with E-state index in [-0.39, 0.29) is 0 Å². The molecule has 0 saturated heterocycles. The summed E-state index contributed by atoms with van der Waals surface area (Å²) in [4.78, 5) is 0. The number of methoxy groups -OCH3 is 1. The van der Waals surface area contributed by atoms with E-state index in [1.54, 1.807) is 25.3 Å². The SMILES string of the molecule is COc1ccc(Nc2ccc(N)cc2C#N)cc1Br. The molecule has 2 rings (SSSR count). The van der Waals surface area contributed by atoms with Gasteiger partial charge in [-0.3, -0.25) is 0 Å². The van der Waals surface area contributed by atoms with E-state index in [4.69, 9.17) is 15.7 Å². The van der Waals surface area contributed by atoms with Crippen LogP contribution in [0.5, 0.6) is 5.75 Å². The van der Waals surface area contributed by atoms with E-state index in [2.05, 4.69) is 27.3 Å². The van der Waals surface area contributed by atoms with Crippen LogP contribution in [-0.4, -0.2) is 7.11 Å². The summed E-state index contributed by atoms with van der Waals surface area (Å²) in [5.41, 5.74) is 8.30. The number of nitrogens with zero attached hydrogens (tertiary/aromatic N) is 1. The van der Waals surface area contributed by atoms with Crippen LogP contribution in [0.1, 0.15) is 5.56 Å². The van der Waals surface area contributed by atoms with Gasteiger partial charge in [-0.25, -0.2) is 0 Å². The maximum atomic E-state index is 9.08. The van der Waals surface area contributed by atoms with Gasteiger partial charge in [0.15, 0.2) is 0 Å². The lowest BCUT2D eigenvalue weighted by Gasteiger charge is -2.10. The monoisotopic (exact) mass is 317 g/mol. The Labute approximate surface area is 119 Å². The van der Waals surface area contributed by atoms with E-state index in [1.807, 2.05) is 18.2 Å². The van der Waals surface area contributed by atoms with Crippen LogP contribution in [-0.2, 0) is 0 Å². The molecule has 0 aliphatic carbocycles. The minimum Gasteiger partial charge on any atom is -0.496 e. The van der Waals surface area contributed by atoms with Crippen molar-refractivity contribution < 1.29 is 4.74 Å². The fourth-order valence-corrected chi connectivity index (χ4v) is 2.20. The Morgan fingerprint density at radius 3 is 2.68 bits per heavy atom. The third-order valence-electron chi connectivity index (χ3n) is 2.59. The molecule has 0 aromatic heterocycles. The molecule has 0 unspecified atom stereocenters. The number of hydrogen-bond acceptors (Lipinski definition) is 4. The Bertz CT molecular complexity index is 650. The van der Waals surface area contributed by atoms with Crippen molar-refractivity contribution in [1.82, 2.24) is 0 Å². The zero-order valence-electron chi connectivity index (χ0n) is 10.3. The van der Waals surface area contributed by atoms with E-state index < -0.39 is 0 Å². The first kappa shape index (κ1) is 13.2. The van der Waals surface area contributed by atoms with Gasteiger partial charge in [0.05, 0.1) is 22.8 Å². The molecule has 0 aliphatic rings. The maximum absolute atomic E-state index is 9.08. The molecule has 3 N–H and O–H groups in total. The first-order valence-electron chi connectivity index (χ1n) is 5.54. The number of hydrogen-bond donors (Lipinski definition) is 2. The van der Waals surface area contributed by atoms with Gasteiger partial charge < -0.3 is 15.8 Å². The molecule has 2 aromatic carbocycles. The fourth-order valence-electron chi connectivity index (χ4n) is 1.66. The molecule has 0 bridgehead atoms. The van der Waals surface area contributed by atoms with Crippen LogP contribution in [0.15, 0.2) is 40.9 Å². The van der Waals surface area contributed by atoms with Crippen molar-refractivity contribution in [2.75, 3.05) is 18.2 Å². The van der Waals surface area contributed by atoms with Crippen LogP contribution in [0.2, 0.25) is 0 Å². The highest BCUT2D eigenvalue weighted by atomic mass is 79.9. The predicted octanol–water partition coefficient (Wildman–Crippen LogP) is 3.66. The number of nitrogens with one attached hydrogen (secondary N) is 1. The molecule has 4 nitrogen and oxygen atoms in total. The Kier molecular flexibility index (Phi) is 3.93. The lowest BCUT2D eigenvalue weighted by Crippen LogP contribution is -1.96.